The highest BCUT2D eigenvalue weighted by Gasteiger charge is 2.08. The topological polar surface area (TPSA) is 38.3 Å². The van der Waals surface area contributed by atoms with E-state index in [2.05, 4.69) is 5.32 Å². The molecule has 0 saturated heterocycles. The highest BCUT2D eigenvalue weighted by molar-refractivity contribution is 6.30. The molecule has 0 saturated carbocycles. The highest BCUT2D eigenvalue weighted by atomic mass is 35.5. The molecule has 0 bridgehead atoms. The normalized spacial score (nSPS) is 10.2. The summed E-state index contributed by atoms with van der Waals surface area (Å²) in [5, 5.41) is 2.71. The molecule has 0 heterocycles. The van der Waals surface area contributed by atoms with Gasteiger partial charge in [0.25, 0.3) is 5.91 Å². The third-order valence-corrected chi connectivity index (χ3v) is 3.12. The van der Waals surface area contributed by atoms with E-state index in [1.807, 2.05) is 25.1 Å². The zero-order chi connectivity index (χ0) is 15.2. The Morgan fingerprint density at radius 1 is 1.29 bits per heavy atom. The van der Waals surface area contributed by atoms with Crippen LogP contribution in [-0.2, 0) is 11.2 Å². The number of carbonyl (C=O) groups excluding carboxylic acids is 1. The van der Waals surface area contributed by atoms with Gasteiger partial charge in [0.15, 0.2) is 6.61 Å². The van der Waals surface area contributed by atoms with Crippen molar-refractivity contribution in [3.63, 3.8) is 0 Å². The lowest BCUT2D eigenvalue weighted by atomic mass is 10.2. The fourth-order valence-corrected chi connectivity index (χ4v) is 1.94. The molecule has 0 aliphatic carbocycles. The first-order chi connectivity index (χ1) is 10.1. The van der Waals surface area contributed by atoms with Crippen molar-refractivity contribution in [2.75, 3.05) is 11.9 Å². The van der Waals surface area contributed by atoms with Crippen LogP contribution in [-0.4, -0.2) is 12.5 Å². The molecular weight excluding hydrogens is 293 g/mol. The Morgan fingerprint density at radius 2 is 2.10 bits per heavy atom. The van der Waals surface area contributed by atoms with Gasteiger partial charge in [-0.3, -0.25) is 4.79 Å². The second-order valence-electron chi connectivity index (χ2n) is 4.46. The molecule has 0 aliphatic heterocycles. The van der Waals surface area contributed by atoms with Crippen molar-refractivity contribution in [1.82, 2.24) is 0 Å². The lowest BCUT2D eigenvalue weighted by Gasteiger charge is -2.09. The number of nitrogens with one attached hydrogen (secondary N) is 1. The second kappa shape index (κ2) is 7.09. The Balaban J connectivity index is 1.92. The average molecular weight is 308 g/mol. The molecule has 0 unspecified atom stereocenters. The first kappa shape index (κ1) is 15.3. The zero-order valence-electron chi connectivity index (χ0n) is 11.5. The van der Waals surface area contributed by atoms with Gasteiger partial charge in [-0.15, -0.1) is 0 Å². The molecule has 5 heteroatoms. The van der Waals surface area contributed by atoms with Crippen molar-refractivity contribution in [3.8, 4) is 5.75 Å². The minimum atomic E-state index is -0.580. The van der Waals surface area contributed by atoms with Crippen LogP contribution >= 0.6 is 11.6 Å². The number of rotatable bonds is 5. The van der Waals surface area contributed by atoms with E-state index in [1.165, 1.54) is 12.1 Å². The highest BCUT2D eigenvalue weighted by Crippen LogP contribution is 2.19. The van der Waals surface area contributed by atoms with Crippen LogP contribution in [0.3, 0.4) is 0 Å². The summed E-state index contributed by atoms with van der Waals surface area (Å²) in [7, 11) is 0. The molecule has 1 N–H and O–H groups in total. The maximum Gasteiger partial charge on any atom is 0.262 e. The van der Waals surface area contributed by atoms with Crippen LogP contribution < -0.4 is 10.1 Å². The fourth-order valence-electron chi connectivity index (χ4n) is 1.78. The summed E-state index contributed by atoms with van der Waals surface area (Å²) >= 11 is 5.65. The summed E-state index contributed by atoms with van der Waals surface area (Å²) in [6.07, 6.45) is 0.888. The number of halogens is 2. The molecule has 0 atom stereocenters. The third-order valence-electron chi connectivity index (χ3n) is 2.88. The van der Waals surface area contributed by atoms with E-state index in [4.69, 9.17) is 16.3 Å². The predicted octanol–water partition coefficient (Wildman–Crippen LogP) is 4.06. The molecule has 0 aromatic heterocycles. The maximum atomic E-state index is 13.5. The predicted molar refractivity (Wildman–Crippen MR) is 81.4 cm³/mol. The Morgan fingerprint density at radius 3 is 2.81 bits per heavy atom. The van der Waals surface area contributed by atoms with Gasteiger partial charge in [0, 0.05) is 5.02 Å². The van der Waals surface area contributed by atoms with Crippen LogP contribution in [0, 0.1) is 5.82 Å². The van der Waals surface area contributed by atoms with Crippen LogP contribution in [0.25, 0.3) is 0 Å². The summed E-state index contributed by atoms with van der Waals surface area (Å²) < 4.78 is 18.9. The molecule has 2 rings (SSSR count). The summed E-state index contributed by atoms with van der Waals surface area (Å²) in [5.41, 5.74) is 1.20. The molecule has 2 aromatic rings. The first-order valence-corrected chi connectivity index (χ1v) is 6.93. The monoisotopic (exact) mass is 307 g/mol. The van der Waals surface area contributed by atoms with Crippen LogP contribution in [0.5, 0.6) is 5.75 Å². The van der Waals surface area contributed by atoms with Crippen LogP contribution in [0.1, 0.15) is 12.5 Å². The van der Waals surface area contributed by atoms with E-state index >= 15 is 0 Å². The van der Waals surface area contributed by atoms with Crippen LogP contribution in [0.15, 0.2) is 42.5 Å². The van der Waals surface area contributed by atoms with E-state index in [0.29, 0.717) is 5.75 Å². The molecule has 110 valence electrons. The number of benzene rings is 2. The number of ether oxygens (including phenoxy) is 1. The number of aryl methyl sites for hydroxylation is 1. The molecule has 2 aromatic carbocycles. The summed E-state index contributed by atoms with van der Waals surface area (Å²) in [6.45, 7) is 1.85. The van der Waals surface area contributed by atoms with Crippen LogP contribution in [0.4, 0.5) is 10.1 Å². The van der Waals surface area contributed by atoms with Crippen molar-refractivity contribution in [1.29, 1.82) is 0 Å². The number of hydrogen-bond donors (Lipinski definition) is 1. The van der Waals surface area contributed by atoms with E-state index in [9.17, 15) is 9.18 Å². The molecule has 0 fully saturated rings. The average Bonchev–Trinajstić information content (AvgIpc) is 2.48. The van der Waals surface area contributed by atoms with E-state index in [1.54, 1.807) is 6.07 Å². The van der Waals surface area contributed by atoms with Gasteiger partial charge in [0.2, 0.25) is 0 Å². The summed E-state index contributed by atoms with van der Waals surface area (Å²) in [6, 6.07) is 11.5. The van der Waals surface area contributed by atoms with Crippen molar-refractivity contribution < 1.29 is 13.9 Å². The SMILES string of the molecule is CCc1cccc(OCC(=O)Nc2ccc(Cl)cc2F)c1. The summed E-state index contributed by atoms with van der Waals surface area (Å²) in [5.74, 6) is -0.400. The number of anilines is 1. The molecular formula is C16H15ClFNO2. The number of carbonyl (C=O) groups is 1. The Labute approximate surface area is 127 Å². The molecule has 0 radical (unpaired) electrons. The second-order valence-corrected chi connectivity index (χ2v) is 4.90. The molecule has 1 amide bonds. The van der Waals surface area contributed by atoms with Gasteiger partial charge in [-0.1, -0.05) is 30.7 Å². The van der Waals surface area contributed by atoms with Gasteiger partial charge in [0.1, 0.15) is 11.6 Å². The Hall–Kier alpha value is -2.07. The molecule has 3 nitrogen and oxygen atoms in total. The van der Waals surface area contributed by atoms with Gasteiger partial charge in [-0.05, 0) is 42.3 Å². The van der Waals surface area contributed by atoms with Crippen molar-refractivity contribution in [2.45, 2.75) is 13.3 Å². The van der Waals surface area contributed by atoms with E-state index in [-0.39, 0.29) is 17.3 Å². The largest absolute Gasteiger partial charge is 0.484 e. The summed E-state index contributed by atoms with van der Waals surface area (Å²) in [4.78, 5) is 11.7. The van der Waals surface area contributed by atoms with Gasteiger partial charge in [-0.2, -0.15) is 0 Å². The quantitative estimate of drug-likeness (QED) is 0.904. The van der Waals surface area contributed by atoms with Crippen molar-refractivity contribution >= 4 is 23.2 Å². The van der Waals surface area contributed by atoms with Crippen molar-refractivity contribution in [2.24, 2.45) is 0 Å². The Kier molecular flexibility index (Phi) is 5.17. The first-order valence-electron chi connectivity index (χ1n) is 6.55. The van der Waals surface area contributed by atoms with Gasteiger partial charge in [0.05, 0.1) is 5.69 Å². The fraction of sp³-hybridized carbons (Fsp3) is 0.188. The van der Waals surface area contributed by atoms with Gasteiger partial charge >= 0.3 is 0 Å². The molecule has 0 spiro atoms. The smallest absolute Gasteiger partial charge is 0.262 e. The minimum Gasteiger partial charge on any atom is -0.484 e. The number of hydrogen-bond acceptors (Lipinski definition) is 2. The zero-order valence-corrected chi connectivity index (χ0v) is 12.3. The maximum absolute atomic E-state index is 13.5. The van der Waals surface area contributed by atoms with E-state index in [0.717, 1.165) is 18.1 Å². The third kappa shape index (κ3) is 4.46. The molecule has 21 heavy (non-hydrogen) atoms. The Bertz CT molecular complexity index is 646. The lowest BCUT2D eigenvalue weighted by Crippen LogP contribution is -2.20. The molecule has 0 aliphatic rings. The number of amides is 1. The van der Waals surface area contributed by atoms with Crippen LogP contribution in [0.2, 0.25) is 5.02 Å². The minimum absolute atomic E-state index is 0.0790. The van der Waals surface area contributed by atoms with Gasteiger partial charge in [-0.25, -0.2) is 4.39 Å². The lowest BCUT2D eigenvalue weighted by molar-refractivity contribution is -0.118. The van der Waals surface area contributed by atoms with Crippen molar-refractivity contribution in [3.05, 3.63) is 58.9 Å². The van der Waals surface area contributed by atoms with Gasteiger partial charge < -0.3 is 10.1 Å². The standard InChI is InChI=1S/C16H15ClFNO2/c1-2-11-4-3-5-13(8-11)21-10-16(20)19-15-7-6-12(17)9-14(15)18/h3-9H,2,10H2,1H3,(H,19,20). The van der Waals surface area contributed by atoms with E-state index < -0.39 is 11.7 Å².